The summed E-state index contributed by atoms with van der Waals surface area (Å²) in [4.78, 5) is 8.35. The third-order valence-electron chi connectivity index (χ3n) is 2.65. The Morgan fingerprint density at radius 3 is 2.70 bits per heavy atom. The fourth-order valence-electron chi connectivity index (χ4n) is 1.62. The van der Waals surface area contributed by atoms with Crippen LogP contribution < -0.4 is 10.6 Å². The zero-order chi connectivity index (χ0) is 14.4. The maximum atomic E-state index is 13.1. The first-order valence-corrected chi connectivity index (χ1v) is 6.43. The van der Waals surface area contributed by atoms with E-state index >= 15 is 0 Å². The van der Waals surface area contributed by atoms with Crippen LogP contribution in [0.3, 0.4) is 0 Å². The molecule has 0 amide bonds. The lowest BCUT2D eigenvalue weighted by molar-refractivity contribution is 0.507. The molecule has 1 aromatic carbocycles. The molecule has 2 N–H and O–H groups in total. The molecule has 4 nitrogen and oxygen atoms in total. The van der Waals surface area contributed by atoms with Crippen molar-refractivity contribution in [2.24, 2.45) is 0 Å². The van der Waals surface area contributed by atoms with Crippen LogP contribution in [0.4, 0.5) is 20.5 Å². The van der Waals surface area contributed by atoms with Crippen LogP contribution in [0.1, 0.15) is 18.9 Å². The van der Waals surface area contributed by atoms with Gasteiger partial charge in [-0.15, -0.1) is 0 Å². The predicted molar refractivity (Wildman–Crippen MR) is 74.5 cm³/mol. The van der Waals surface area contributed by atoms with Crippen LogP contribution in [0.15, 0.2) is 30.5 Å². The van der Waals surface area contributed by atoms with Crippen LogP contribution in [0.2, 0.25) is 0 Å². The maximum absolute atomic E-state index is 13.1. The van der Waals surface area contributed by atoms with Crippen molar-refractivity contribution in [1.29, 1.82) is 0 Å². The van der Waals surface area contributed by atoms with Gasteiger partial charge in [0.2, 0.25) is 5.95 Å². The number of nitrogens with one attached hydrogen (secondary N) is 2. The van der Waals surface area contributed by atoms with Crippen molar-refractivity contribution in [2.45, 2.75) is 19.9 Å². The average Bonchev–Trinajstić information content (AvgIpc) is 2.47. The van der Waals surface area contributed by atoms with Crippen molar-refractivity contribution in [3.8, 4) is 0 Å². The Labute approximate surface area is 116 Å². The molecule has 0 aliphatic carbocycles. The predicted octanol–water partition coefficient (Wildman–Crippen LogP) is 3.19. The second-order valence-corrected chi connectivity index (χ2v) is 4.29. The lowest BCUT2D eigenvalue weighted by atomic mass is 10.2. The van der Waals surface area contributed by atoms with Gasteiger partial charge in [-0.2, -0.15) is 4.98 Å². The number of aromatic nitrogens is 2. The van der Waals surface area contributed by atoms with Crippen LogP contribution in [-0.2, 0) is 6.54 Å². The molecule has 0 radical (unpaired) electrons. The van der Waals surface area contributed by atoms with Crippen molar-refractivity contribution in [2.75, 3.05) is 17.2 Å². The van der Waals surface area contributed by atoms with Crippen LogP contribution in [0.25, 0.3) is 0 Å². The van der Waals surface area contributed by atoms with Gasteiger partial charge in [-0.05, 0) is 30.2 Å². The molecule has 1 aromatic heterocycles. The number of halogens is 2. The molecule has 6 heteroatoms. The quantitative estimate of drug-likeness (QED) is 0.852. The van der Waals surface area contributed by atoms with E-state index in [1.165, 1.54) is 12.1 Å². The number of hydrogen-bond donors (Lipinski definition) is 2. The van der Waals surface area contributed by atoms with Crippen molar-refractivity contribution >= 4 is 11.8 Å². The highest BCUT2D eigenvalue weighted by molar-refractivity contribution is 5.40. The van der Waals surface area contributed by atoms with E-state index in [0.29, 0.717) is 23.9 Å². The highest BCUT2D eigenvalue weighted by atomic mass is 19.2. The summed E-state index contributed by atoms with van der Waals surface area (Å²) in [7, 11) is 0. The highest BCUT2D eigenvalue weighted by Gasteiger charge is 2.03. The molecule has 0 aliphatic heterocycles. The van der Waals surface area contributed by atoms with Crippen LogP contribution in [0, 0.1) is 11.6 Å². The summed E-state index contributed by atoms with van der Waals surface area (Å²) in [5.41, 5.74) is 0.644. The molecule has 0 fully saturated rings. The van der Waals surface area contributed by atoms with Gasteiger partial charge in [0, 0.05) is 19.3 Å². The van der Waals surface area contributed by atoms with E-state index in [1.54, 1.807) is 12.3 Å². The van der Waals surface area contributed by atoms with Gasteiger partial charge in [0.25, 0.3) is 0 Å². The lowest BCUT2D eigenvalue weighted by Gasteiger charge is -2.08. The number of rotatable bonds is 6. The second-order valence-electron chi connectivity index (χ2n) is 4.29. The molecule has 0 aliphatic rings. The standard InChI is InChI=1S/C14H16F2N4/c1-2-6-17-14-18-7-5-13(20-14)19-9-10-3-4-11(15)12(16)8-10/h3-5,7-8H,2,6,9H2,1H3,(H2,17,18,19,20). The Morgan fingerprint density at radius 1 is 1.10 bits per heavy atom. The molecule has 20 heavy (non-hydrogen) atoms. The van der Waals surface area contributed by atoms with E-state index in [2.05, 4.69) is 27.5 Å². The average molecular weight is 278 g/mol. The maximum Gasteiger partial charge on any atom is 0.224 e. The summed E-state index contributed by atoms with van der Waals surface area (Å²) in [5, 5.41) is 6.12. The zero-order valence-corrected chi connectivity index (χ0v) is 11.2. The Hall–Kier alpha value is -2.24. The fourth-order valence-corrected chi connectivity index (χ4v) is 1.62. The largest absolute Gasteiger partial charge is 0.366 e. The van der Waals surface area contributed by atoms with E-state index in [0.717, 1.165) is 19.0 Å². The van der Waals surface area contributed by atoms with Crippen molar-refractivity contribution in [3.05, 3.63) is 47.7 Å². The molecule has 0 spiro atoms. The number of benzene rings is 1. The number of hydrogen-bond acceptors (Lipinski definition) is 4. The minimum absolute atomic E-state index is 0.363. The molecule has 0 bridgehead atoms. The molecule has 0 saturated heterocycles. The summed E-state index contributed by atoms with van der Waals surface area (Å²) in [5.74, 6) is -0.524. The van der Waals surface area contributed by atoms with Crippen molar-refractivity contribution < 1.29 is 8.78 Å². The van der Waals surface area contributed by atoms with E-state index < -0.39 is 11.6 Å². The molecule has 1 heterocycles. The van der Waals surface area contributed by atoms with Gasteiger partial charge in [-0.3, -0.25) is 0 Å². The molecule has 0 atom stereocenters. The molecular weight excluding hydrogens is 262 g/mol. The van der Waals surface area contributed by atoms with E-state index in [4.69, 9.17) is 0 Å². The second kappa shape index (κ2) is 6.79. The first-order valence-electron chi connectivity index (χ1n) is 6.43. The monoisotopic (exact) mass is 278 g/mol. The smallest absolute Gasteiger partial charge is 0.224 e. The first-order chi connectivity index (χ1) is 9.69. The Bertz CT molecular complexity index is 575. The fraction of sp³-hybridized carbons (Fsp3) is 0.286. The van der Waals surface area contributed by atoms with Gasteiger partial charge >= 0.3 is 0 Å². The lowest BCUT2D eigenvalue weighted by Crippen LogP contribution is -2.07. The highest BCUT2D eigenvalue weighted by Crippen LogP contribution is 2.11. The molecule has 0 saturated carbocycles. The summed E-state index contributed by atoms with van der Waals surface area (Å²) in [6.45, 7) is 3.21. The summed E-state index contributed by atoms with van der Waals surface area (Å²) < 4.78 is 25.9. The molecule has 0 unspecified atom stereocenters. The zero-order valence-electron chi connectivity index (χ0n) is 11.2. The summed E-state index contributed by atoms with van der Waals surface area (Å²) in [6.07, 6.45) is 2.62. The van der Waals surface area contributed by atoms with Crippen molar-refractivity contribution in [3.63, 3.8) is 0 Å². The van der Waals surface area contributed by atoms with Gasteiger partial charge in [-0.25, -0.2) is 13.8 Å². The molecule has 2 aromatic rings. The van der Waals surface area contributed by atoms with Crippen molar-refractivity contribution in [1.82, 2.24) is 9.97 Å². The first kappa shape index (κ1) is 14.2. The Kier molecular flexibility index (Phi) is 4.81. The van der Waals surface area contributed by atoms with Crippen LogP contribution in [0.5, 0.6) is 0 Å². The van der Waals surface area contributed by atoms with Crippen LogP contribution in [-0.4, -0.2) is 16.5 Å². The van der Waals surface area contributed by atoms with Gasteiger partial charge in [-0.1, -0.05) is 13.0 Å². The van der Waals surface area contributed by atoms with Gasteiger partial charge < -0.3 is 10.6 Å². The van der Waals surface area contributed by atoms with E-state index in [1.807, 2.05) is 0 Å². The normalized spacial score (nSPS) is 10.3. The summed E-state index contributed by atoms with van der Waals surface area (Å²) >= 11 is 0. The van der Waals surface area contributed by atoms with Gasteiger partial charge in [0.05, 0.1) is 0 Å². The third-order valence-corrected chi connectivity index (χ3v) is 2.65. The topological polar surface area (TPSA) is 49.8 Å². The van der Waals surface area contributed by atoms with Crippen LogP contribution >= 0.6 is 0 Å². The van der Waals surface area contributed by atoms with Gasteiger partial charge in [0.1, 0.15) is 5.82 Å². The third kappa shape index (κ3) is 3.88. The van der Waals surface area contributed by atoms with E-state index in [9.17, 15) is 8.78 Å². The minimum Gasteiger partial charge on any atom is -0.366 e. The molecule has 2 rings (SSSR count). The van der Waals surface area contributed by atoms with E-state index in [-0.39, 0.29) is 0 Å². The molecular formula is C14H16F2N4. The SMILES string of the molecule is CCCNc1nccc(NCc2ccc(F)c(F)c2)n1. The summed E-state index contributed by atoms with van der Waals surface area (Å²) in [6, 6.07) is 5.53. The Morgan fingerprint density at radius 2 is 1.95 bits per heavy atom. The Balaban J connectivity index is 1.97. The number of nitrogens with zero attached hydrogens (tertiary/aromatic N) is 2. The minimum atomic E-state index is -0.850. The molecule has 106 valence electrons. The number of anilines is 2. The van der Waals surface area contributed by atoms with Gasteiger partial charge in [0.15, 0.2) is 11.6 Å².